The van der Waals surface area contributed by atoms with E-state index in [0.29, 0.717) is 11.3 Å². The highest BCUT2D eigenvalue weighted by atomic mass is 16.8. The largest absolute Gasteiger partial charge is 0.514 e. The van der Waals surface area contributed by atoms with Crippen LogP contribution in [0.3, 0.4) is 0 Å². The van der Waals surface area contributed by atoms with Crippen LogP contribution in [0.1, 0.15) is 36.7 Å². The lowest BCUT2D eigenvalue weighted by atomic mass is 10.0. The summed E-state index contributed by atoms with van der Waals surface area (Å²) in [6, 6.07) is 7.07. The number of ketones is 1. The second-order valence-corrected chi connectivity index (χ2v) is 4.65. The van der Waals surface area contributed by atoms with Crippen molar-refractivity contribution < 1.29 is 19.1 Å². The molecule has 1 aromatic carbocycles. The van der Waals surface area contributed by atoms with Gasteiger partial charge in [0, 0.05) is 5.56 Å². The second kappa shape index (κ2) is 4.29. The standard InChI is InChI=1S/C14H14O4/c1-9(15)11-6-4-10(5-7-11)8-12-14(2,3)18-13(16)17-12/h4-8H,1-3H3/b12-8+. The van der Waals surface area contributed by atoms with Crippen LogP contribution in [0.5, 0.6) is 0 Å². The summed E-state index contributed by atoms with van der Waals surface area (Å²) in [6.07, 6.45) is 1.04. The molecule has 0 unspecified atom stereocenters. The number of benzene rings is 1. The van der Waals surface area contributed by atoms with Crippen LogP contribution in [0, 0.1) is 0 Å². The molecule has 4 nitrogen and oxygen atoms in total. The van der Waals surface area contributed by atoms with Crippen LogP contribution >= 0.6 is 0 Å². The van der Waals surface area contributed by atoms with Crippen molar-refractivity contribution in [1.82, 2.24) is 0 Å². The lowest BCUT2D eigenvalue weighted by molar-refractivity contribution is 0.0872. The van der Waals surface area contributed by atoms with E-state index in [4.69, 9.17) is 9.47 Å². The van der Waals surface area contributed by atoms with Gasteiger partial charge < -0.3 is 9.47 Å². The molecule has 0 aromatic heterocycles. The Kier molecular flexibility index (Phi) is 2.95. The maximum absolute atomic E-state index is 11.1. The second-order valence-electron chi connectivity index (χ2n) is 4.65. The van der Waals surface area contributed by atoms with E-state index in [0.717, 1.165) is 5.56 Å². The van der Waals surface area contributed by atoms with Crippen molar-refractivity contribution in [2.24, 2.45) is 0 Å². The number of Topliss-reactive ketones (excluding diaryl/α,β-unsaturated/α-hetero) is 1. The number of hydrogen-bond acceptors (Lipinski definition) is 4. The molecule has 0 atom stereocenters. The van der Waals surface area contributed by atoms with Crippen LogP contribution in [0.2, 0.25) is 0 Å². The van der Waals surface area contributed by atoms with Gasteiger partial charge in [0.2, 0.25) is 0 Å². The molecule has 0 spiro atoms. The van der Waals surface area contributed by atoms with Gasteiger partial charge in [-0.2, -0.15) is 0 Å². The summed E-state index contributed by atoms with van der Waals surface area (Å²) >= 11 is 0. The number of ether oxygens (including phenoxy) is 2. The highest BCUT2D eigenvalue weighted by molar-refractivity contribution is 5.94. The number of carbonyl (C=O) groups excluding carboxylic acids is 2. The molecule has 1 aliphatic rings. The van der Waals surface area contributed by atoms with Crippen LogP contribution in [0.4, 0.5) is 4.79 Å². The number of hydrogen-bond donors (Lipinski definition) is 0. The van der Waals surface area contributed by atoms with Crippen molar-refractivity contribution >= 4 is 18.0 Å². The van der Waals surface area contributed by atoms with Gasteiger partial charge in [0.05, 0.1) is 0 Å². The van der Waals surface area contributed by atoms with Crippen LogP contribution < -0.4 is 0 Å². The summed E-state index contributed by atoms with van der Waals surface area (Å²) in [5.74, 6) is 0.480. The van der Waals surface area contributed by atoms with Crippen molar-refractivity contribution in [1.29, 1.82) is 0 Å². The molecule has 18 heavy (non-hydrogen) atoms. The van der Waals surface area contributed by atoms with Gasteiger partial charge in [0.25, 0.3) is 0 Å². The lowest BCUT2D eigenvalue weighted by Crippen LogP contribution is -2.20. The number of cyclic esters (lactones) is 2. The summed E-state index contributed by atoms with van der Waals surface area (Å²) in [6.45, 7) is 5.03. The molecule has 0 amide bonds. The summed E-state index contributed by atoms with van der Waals surface area (Å²) in [4.78, 5) is 22.2. The highest BCUT2D eigenvalue weighted by Gasteiger charge is 2.39. The minimum absolute atomic E-state index is 0.0187. The smallest absolute Gasteiger partial charge is 0.420 e. The summed E-state index contributed by atoms with van der Waals surface area (Å²) in [7, 11) is 0. The van der Waals surface area contributed by atoms with E-state index in [-0.39, 0.29) is 5.78 Å². The SMILES string of the molecule is CC(=O)c1ccc(/C=C2/OC(=O)OC2(C)C)cc1. The zero-order chi connectivity index (χ0) is 13.3. The first-order valence-electron chi connectivity index (χ1n) is 5.62. The molecule has 0 aliphatic carbocycles. The van der Waals surface area contributed by atoms with Crippen molar-refractivity contribution in [2.45, 2.75) is 26.4 Å². The molecule has 1 aliphatic heterocycles. The molecular formula is C14H14O4. The third kappa shape index (κ3) is 2.42. The molecule has 2 rings (SSSR count). The highest BCUT2D eigenvalue weighted by Crippen LogP contribution is 2.31. The van der Waals surface area contributed by atoms with Crippen molar-refractivity contribution in [3.05, 3.63) is 41.2 Å². The van der Waals surface area contributed by atoms with Crippen molar-refractivity contribution in [2.75, 3.05) is 0 Å². The average Bonchev–Trinajstić information content (AvgIpc) is 2.52. The summed E-state index contributed by atoms with van der Waals surface area (Å²) < 4.78 is 10.0. The topological polar surface area (TPSA) is 52.6 Å². The Labute approximate surface area is 105 Å². The number of rotatable bonds is 2. The predicted molar refractivity (Wildman–Crippen MR) is 66.1 cm³/mol. The molecule has 1 fully saturated rings. The molecule has 0 N–H and O–H groups in total. The predicted octanol–water partition coefficient (Wildman–Crippen LogP) is 3.18. The maximum Gasteiger partial charge on any atom is 0.514 e. The molecule has 0 radical (unpaired) electrons. The van der Waals surface area contributed by atoms with Gasteiger partial charge in [-0.05, 0) is 32.4 Å². The third-order valence-corrected chi connectivity index (χ3v) is 2.74. The van der Waals surface area contributed by atoms with Crippen LogP contribution in [-0.4, -0.2) is 17.5 Å². The summed E-state index contributed by atoms with van der Waals surface area (Å²) in [5, 5.41) is 0. The Morgan fingerprint density at radius 3 is 2.28 bits per heavy atom. The zero-order valence-electron chi connectivity index (χ0n) is 10.5. The average molecular weight is 246 g/mol. The van der Waals surface area contributed by atoms with E-state index in [2.05, 4.69) is 0 Å². The Balaban J connectivity index is 2.28. The van der Waals surface area contributed by atoms with Crippen molar-refractivity contribution in [3.8, 4) is 0 Å². The Morgan fingerprint density at radius 1 is 1.22 bits per heavy atom. The van der Waals surface area contributed by atoms with Gasteiger partial charge >= 0.3 is 6.16 Å². The Hall–Kier alpha value is -2.10. The van der Waals surface area contributed by atoms with Gasteiger partial charge in [-0.25, -0.2) is 4.79 Å². The van der Waals surface area contributed by atoms with Crippen LogP contribution in [0.25, 0.3) is 6.08 Å². The van der Waals surface area contributed by atoms with Crippen molar-refractivity contribution in [3.63, 3.8) is 0 Å². The van der Waals surface area contributed by atoms with E-state index < -0.39 is 11.8 Å². The van der Waals surface area contributed by atoms with Gasteiger partial charge in [-0.3, -0.25) is 4.79 Å². The van der Waals surface area contributed by atoms with E-state index >= 15 is 0 Å². The molecule has 94 valence electrons. The van der Waals surface area contributed by atoms with Crippen LogP contribution in [0.15, 0.2) is 30.0 Å². The first-order valence-corrected chi connectivity index (χ1v) is 5.62. The minimum Gasteiger partial charge on any atom is -0.420 e. The Morgan fingerprint density at radius 2 is 1.83 bits per heavy atom. The molecule has 1 heterocycles. The minimum atomic E-state index is -0.754. The fourth-order valence-electron chi connectivity index (χ4n) is 1.66. The van der Waals surface area contributed by atoms with E-state index in [1.165, 1.54) is 6.92 Å². The quantitative estimate of drug-likeness (QED) is 0.594. The normalized spacial score (nSPS) is 19.5. The van der Waals surface area contributed by atoms with E-state index in [9.17, 15) is 9.59 Å². The van der Waals surface area contributed by atoms with Gasteiger partial charge in [0.1, 0.15) is 0 Å². The molecule has 0 saturated carbocycles. The third-order valence-electron chi connectivity index (χ3n) is 2.74. The summed E-state index contributed by atoms with van der Waals surface area (Å²) in [5.41, 5.74) is 0.744. The van der Waals surface area contributed by atoms with Gasteiger partial charge in [0.15, 0.2) is 17.1 Å². The monoisotopic (exact) mass is 246 g/mol. The number of carbonyl (C=O) groups is 2. The first-order chi connectivity index (χ1) is 8.38. The lowest BCUT2D eigenvalue weighted by Gasteiger charge is -2.13. The van der Waals surface area contributed by atoms with E-state index in [1.807, 2.05) is 0 Å². The molecule has 1 aromatic rings. The fraction of sp³-hybridized carbons (Fsp3) is 0.286. The Bertz CT molecular complexity index is 523. The first kappa shape index (κ1) is 12.4. The molecule has 0 bridgehead atoms. The molecule has 1 saturated heterocycles. The molecule has 4 heteroatoms. The zero-order valence-corrected chi connectivity index (χ0v) is 10.5. The van der Waals surface area contributed by atoms with Gasteiger partial charge in [-0.15, -0.1) is 0 Å². The fourth-order valence-corrected chi connectivity index (χ4v) is 1.66. The molecular weight excluding hydrogens is 232 g/mol. The van der Waals surface area contributed by atoms with Crippen LogP contribution in [-0.2, 0) is 9.47 Å². The van der Waals surface area contributed by atoms with E-state index in [1.54, 1.807) is 44.2 Å². The maximum atomic E-state index is 11.1. The van der Waals surface area contributed by atoms with Gasteiger partial charge in [-0.1, -0.05) is 24.3 Å².